The van der Waals surface area contributed by atoms with Gasteiger partial charge in [-0.05, 0) is 66.3 Å². The second kappa shape index (κ2) is 18.6. The Balaban J connectivity index is 1.03. The molecule has 0 atom stereocenters. The molecule has 1 saturated carbocycles. The van der Waals surface area contributed by atoms with E-state index in [4.69, 9.17) is 9.49 Å². The molecule has 8 aromatic rings. The monoisotopic (exact) mass is 838 g/mol. The number of benzene rings is 8. The van der Waals surface area contributed by atoms with Gasteiger partial charge in [0.15, 0.2) is 5.78 Å². The summed E-state index contributed by atoms with van der Waals surface area (Å²) in [6.07, 6.45) is 5.64. The van der Waals surface area contributed by atoms with E-state index in [1.54, 1.807) is 0 Å². The van der Waals surface area contributed by atoms with Crippen LogP contribution in [0.5, 0.6) is 0 Å². The third-order valence-corrected chi connectivity index (χ3v) is 18.8. The zero-order valence-corrected chi connectivity index (χ0v) is 36.6. The maximum atomic E-state index is 14.2. The fourth-order valence-corrected chi connectivity index (χ4v) is 15.7. The number of nitrogens with zero attached hydrogens (tertiary/aromatic N) is 2. The highest BCUT2D eigenvalue weighted by atomic mass is 31.2. The lowest BCUT2D eigenvalue weighted by Crippen LogP contribution is -2.25. The van der Waals surface area contributed by atoms with E-state index in [1.165, 1.54) is 31.8 Å². The van der Waals surface area contributed by atoms with Gasteiger partial charge in [-0.2, -0.15) is 0 Å². The Bertz CT molecular complexity index is 2540. The molecule has 0 heterocycles. The molecule has 0 bridgehead atoms. The van der Waals surface area contributed by atoms with Crippen molar-refractivity contribution < 1.29 is 4.79 Å². The van der Waals surface area contributed by atoms with Gasteiger partial charge in [0.2, 0.25) is 0 Å². The van der Waals surface area contributed by atoms with E-state index in [0.717, 1.165) is 46.5 Å². The van der Waals surface area contributed by atoms with Crippen molar-refractivity contribution in [3.8, 4) is 0 Å². The van der Waals surface area contributed by atoms with Crippen molar-refractivity contribution in [2.24, 2.45) is 15.4 Å². The van der Waals surface area contributed by atoms with Gasteiger partial charge in [-0.1, -0.05) is 213 Å². The number of rotatable bonds is 10. The standard InChI is InChI=1S/C57H48N2OP2/c1-44-40-47(42-45-32-36-49(37-33-45)58-61(51-20-8-2-9-21-51,52-22-10-3-11-23-52)53-24-12-4-13-25-53)57(60)48(41-44)43-46-34-38-50(39-35-46)59-62(54-26-14-5-15-27-54,55-28-16-6-17-29-55)56-30-18-7-19-31-56/h2-39,42-44H,40-41H2,1H3/b47-42+,48-43+. The highest BCUT2D eigenvalue weighted by Crippen LogP contribution is 2.50. The number of carbonyl (C=O) groups is 1. The molecule has 9 rings (SSSR count). The minimum absolute atomic E-state index is 0.120. The Morgan fingerprint density at radius 3 is 0.855 bits per heavy atom. The maximum absolute atomic E-state index is 14.2. The third-order valence-electron chi connectivity index (χ3n) is 11.5. The summed E-state index contributed by atoms with van der Waals surface area (Å²) in [5.74, 6) is 0.463. The Morgan fingerprint density at radius 2 is 0.613 bits per heavy atom. The van der Waals surface area contributed by atoms with Gasteiger partial charge < -0.3 is 0 Å². The fourth-order valence-electron chi connectivity index (χ4n) is 8.59. The van der Waals surface area contributed by atoms with E-state index in [1.807, 2.05) is 0 Å². The van der Waals surface area contributed by atoms with Crippen LogP contribution >= 0.6 is 14.1 Å². The minimum Gasteiger partial charge on any atom is -0.289 e. The largest absolute Gasteiger partial charge is 0.289 e. The summed E-state index contributed by atoms with van der Waals surface area (Å²) < 4.78 is 11.3. The first-order valence-corrected chi connectivity index (χ1v) is 24.7. The summed E-state index contributed by atoms with van der Waals surface area (Å²) in [5, 5.41) is 7.22. The van der Waals surface area contributed by atoms with E-state index in [0.29, 0.717) is 5.92 Å². The van der Waals surface area contributed by atoms with Gasteiger partial charge in [-0.25, -0.2) is 0 Å². The summed E-state index contributed by atoms with van der Waals surface area (Å²) in [6, 6.07) is 80.9. The first-order valence-electron chi connectivity index (χ1n) is 21.3. The van der Waals surface area contributed by atoms with Gasteiger partial charge >= 0.3 is 0 Å². The zero-order chi connectivity index (χ0) is 42.2. The van der Waals surface area contributed by atoms with Gasteiger partial charge in [-0.3, -0.25) is 14.3 Å². The van der Waals surface area contributed by atoms with Crippen LogP contribution in [-0.4, -0.2) is 5.78 Å². The van der Waals surface area contributed by atoms with E-state index in [-0.39, 0.29) is 5.78 Å². The van der Waals surface area contributed by atoms with Crippen LogP contribution in [0.15, 0.2) is 251 Å². The lowest BCUT2D eigenvalue weighted by Gasteiger charge is -2.27. The number of hydrogen-bond donors (Lipinski definition) is 0. The van der Waals surface area contributed by atoms with Crippen LogP contribution < -0.4 is 31.8 Å². The Kier molecular flexibility index (Phi) is 12.2. The van der Waals surface area contributed by atoms with E-state index in [2.05, 4.69) is 250 Å². The summed E-state index contributed by atoms with van der Waals surface area (Å²) >= 11 is 0. The first kappa shape index (κ1) is 40.8. The molecular formula is C57H48N2OP2. The molecule has 1 aliphatic carbocycles. The molecule has 302 valence electrons. The third kappa shape index (κ3) is 8.48. The molecule has 0 saturated heterocycles. The van der Waals surface area contributed by atoms with E-state index >= 15 is 0 Å². The maximum Gasteiger partial charge on any atom is 0.185 e. The molecule has 8 aromatic carbocycles. The van der Waals surface area contributed by atoms with E-state index in [9.17, 15) is 4.79 Å². The van der Waals surface area contributed by atoms with E-state index < -0.39 is 14.1 Å². The molecule has 0 unspecified atom stereocenters. The molecule has 1 aliphatic rings. The normalized spacial score (nSPS) is 15.6. The summed E-state index contributed by atoms with van der Waals surface area (Å²) in [6.45, 7) is 2.23. The van der Waals surface area contributed by atoms with Crippen LogP contribution in [0.4, 0.5) is 11.4 Å². The Morgan fingerprint density at radius 1 is 0.371 bits per heavy atom. The second-order valence-electron chi connectivity index (χ2n) is 15.8. The summed E-state index contributed by atoms with van der Waals surface area (Å²) in [4.78, 5) is 14.2. The van der Waals surface area contributed by atoms with Crippen molar-refractivity contribution in [1.29, 1.82) is 0 Å². The van der Waals surface area contributed by atoms with Crippen LogP contribution in [0.2, 0.25) is 0 Å². The SMILES string of the molecule is CC1C/C(=C\c2ccc(N=P(c3ccccc3)(c3ccccc3)c3ccccc3)cc2)C(=O)/C(=C/c2ccc(N=P(c3ccccc3)(c3ccccc3)c3ccccc3)cc2)C1. The number of ketones is 1. The molecular weight excluding hydrogens is 791 g/mol. The second-order valence-corrected chi connectivity index (χ2v) is 21.9. The van der Waals surface area contributed by atoms with Gasteiger partial charge in [0, 0.05) is 43.0 Å². The van der Waals surface area contributed by atoms with Crippen LogP contribution in [0.3, 0.4) is 0 Å². The highest BCUT2D eigenvalue weighted by molar-refractivity contribution is 7.88. The van der Waals surface area contributed by atoms with Crippen LogP contribution in [0.1, 0.15) is 30.9 Å². The predicted octanol–water partition coefficient (Wildman–Crippen LogP) is 12.8. The summed E-state index contributed by atoms with van der Waals surface area (Å²) in [5.41, 5.74) is 5.50. The fraction of sp³-hybridized carbons (Fsp3) is 0.0702. The molecule has 1 fully saturated rings. The van der Waals surface area contributed by atoms with Crippen molar-refractivity contribution in [3.63, 3.8) is 0 Å². The molecule has 0 aromatic heterocycles. The van der Waals surface area contributed by atoms with Crippen LogP contribution in [-0.2, 0) is 4.79 Å². The number of Topliss-reactive ketones (excluding diaryl/α,β-unsaturated/α-hetero) is 1. The van der Waals surface area contributed by atoms with Crippen molar-refractivity contribution in [2.45, 2.75) is 19.8 Å². The molecule has 0 radical (unpaired) electrons. The highest BCUT2D eigenvalue weighted by Gasteiger charge is 2.29. The van der Waals surface area contributed by atoms with Gasteiger partial charge in [0.05, 0.1) is 25.5 Å². The van der Waals surface area contributed by atoms with Crippen molar-refractivity contribution in [2.75, 3.05) is 0 Å². The topological polar surface area (TPSA) is 41.8 Å². The van der Waals surface area contributed by atoms with Crippen LogP contribution in [0.25, 0.3) is 12.2 Å². The molecule has 0 spiro atoms. The smallest absolute Gasteiger partial charge is 0.185 e. The van der Waals surface area contributed by atoms with Crippen molar-refractivity contribution in [3.05, 3.63) is 253 Å². The molecule has 62 heavy (non-hydrogen) atoms. The Hall–Kier alpha value is -6.63. The average molecular weight is 839 g/mol. The quantitative estimate of drug-likeness (QED) is 0.0999. The minimum atomic E-state index is -2.40. The first-order chi connectivity index (χ1) is 30.5. The van der Waals surface area contributed by atoms with Gasteiger partial charge in [0.1, 0.15) is 0 Å². The zero-order valence-electron chi connectivity index (χ0n) is 34.8. The lowest BCUT2D eigenvalue weighted by molar-refractivity contribution is -0.113. The van der Waals surface area contributed by atoms with Gasteiger partial charge in [0.25, 0.3) is 0 Å². The number of carbonyl (C=O) groups excluding carboxylic acids is 1. The lowest BCUT2D eigenvalue weighted by atomic mass is 9.81. The molecule has 0 N–H and O–H groups in total. The molecule has 0 amide bonds. The predicted molar refractivity (Wildman–Crippen MR) is 267 cm³/mol. The summed E-state index contributed by atoms with van der Waals surface area (Å²) in [7, 11) is -4.80. The molecule has 3 nitrogen and oxygen atoms in total. The molecule has 0 aliphatic heterocycles. The number of allylic oxidation sites excluding steroid dienone is 2. The molecule has 5 heteroatoms. The van der Waals surface area contributed by atoms with Crippen molar-refractivity contribution >= 4 is 75.2 Å². The average Bonchev–Trinajstić information content (AvgIpc) is 3.34. The number of hydrogen-bond acceptors (Lipinski definition) is 3. The Labute approximate surface area is 366 Å². The van der Waals surface area contributed by atoms with Crippen LogP contribution in [0, 0.1) is 5.92 Å². The van der Waals surface area contributed by atoms with Crippen molar-refractivity contribution in [1.82, 2.24) is 0 Å². The van der Waals surface area contributed by atoms with Gasteiger partial charge in [-0.15, -0.1) is 0 Å².